The van der Waals surface area contributed by atoms with Gasteiger partial charge in [0.15, 0.2) is 14.0 Å². The van der Waals surface area contributed by atoms with Crippen LogP contribution in [0.25, 0.3) is 11.4 Å². The summed E-state index contributed by atoms with van der Waals surface area (Å²) < 4.78 is 60.8. The van der Waals surface area contributed by atoms with Crippen molar-refractivity contribution in [3.8, 4) is 11.4 Å². The van der Waals surface area contributed by atoms with Gasteiger partial charge in [0.1, 0.15) is 11.6 Å². The van der Waals surface area contributed by atoms with Crippen LogP contribution in [0.2, 0.25) is 18.1 Å². The molecular formula is C19H26F4N2OSi. The van der Waals surface area contributed by atoms with Crippen molar-refractivity contribution in [3.05, 3.63) is 41.5 Å². The summed E-state index contributed by atoms with van der Waals surface area (Å²) in [5.74, 6) is -0.639. The summed E-state index contributed by atoms with van der Waals surface area (Å²) in [4.78, 5) is 3.60. The molecule has 0 saturated carbocycles. The smallest absolute Gasteiger partial charge is 0.413 e. The molecule has 1 aromatic heterocycles. The highest BCUT2D eigenvalue weighted by Gasteiger charge is 2.37. The summed E-state index contributed by atoms with van der Waals surface area (Å²) in [6, 6.07) is 4.45. The van der Waals surface area contributed by atoms with Gasteiger partial charge < -0.3 is 8.99 Å². The minimum atomic E-state index is -4.57. The van der Waals surface area contributed by atoms with E-state index >= 15 is 0 Å². The van der Waals surface area contributed by atoms with Crippen molar-refractivity contribution in [1.29, 1.82) is 0 Å². The van der Waals surface area contributed by atoms with Gasteiger partial charge in [-0.2, -0.15) is 13.2 Å². The van der Waals surface area contributed by atoms with Crippen molar-refractivity contribution in [2.24, 2.45) is 0 Å². The number of nitrogens with zero attached hydrogens (tertiary/aromatic N) is 2. The molecule has 0 unspecified atom stereocenters. The highest BCUT2D eigenvalue weighted by Crippen LogP contribution is 2.37. The number of rotatable bonds is 5. The van der Waals surface area contributed by atoms with Gasteiger partial charge in [0, 0.05) is 12.7 Å². The molecule has 0 aliphatic rings. The van der Waals surface area contributed by atoms with Crippen LogP contribution in [-0.2, 0) is 23.8 Å². The van der Waals surface area contributed by atoms with Crippen LogP contribution in [0.4, 0.5) is 17.6 Å². The average Bonchev–Trinajstić information content (AvgIpc) is 2.96. The lowest BCUT2D eigenvalue weighted by molar-refractivity contribution is -0.140. The number of imidazole rings is 1. The molecule has 0 radical (unpaired) electrons. The molecule has 0 fully saturated rings. The van der Waals surface area contributed by atoms with E-state index in [1.54, 1.807) is 13.0 Å². The number of aryl methyl sites for hydroxylation is 1. The summed E-state index contributed by atoms with van der Waals surface area (Å²) in [6.45, 7) is 12.8. The van der Waals surface area contributed by atoms with Crippen LogP contribution >= 0.6 is 0 Å². The topological polar surface area (TPSA) is 27.1 Å². The third-order valence-corrected chi connectivity index (χ3v) is 9.57. The minimum absolute atomic E-state index is 0.0285. The van der Waals surface area contributed by atoms with E-state index in [2.05, 4.69) is 38.8 Å². The molecule has 0 N–H and O–H groups in total. The van der Waals surface area contributed by atoms with E-state index in [0.29, 0.717) is 5.56 Å². The van der Waals surface area contributed by atoms with Crippen molar-refractivity contribution < 1.29 is 22.0 Å². The van der Waals surface area contributed by atoms with Gasteiger partial charge in [-0.25, -0.2) is 9.37 Å². The molecule has 0 atom stereocenters. The third-order valence-electron chi connectivity index (χ3n) is 5.09. The Bertz CT molecular complexity index is 807. The first-order valence-corrected chi connectivity index (χ1v) is 11.7. The molecule has 2 aromatic rings. The Balaban J connectivity index is 2.29. The lowest BCUT2D eigenvalue weighted by atomic mass is 10.1. The highest BCUT2D eigenvalue weighted by molar-refractivity contribution is 6.74. The predicted octanol–water partition coefficient (Wildman–Crippen LogP) is 6.25. The van der Waals surface area contributed by atoms with Crippen molar-refractivity contribution in [1.82, 2.24) is 9.55 Å². The van der Waals surface area contributed by atoms with Crippen molar-refractivity contribution >= 4 is 8.32 Å². The molecule has 0 aliphatic carbocycles. The molecule has 1 aromatic carbocycles. The Hall–Kier alpha value is -1.67. The maximum absolute atomic E-state index is 14.6. The second kappa shape index (κ2) is 7.39. The van der Waals surface area contributed by atoms with Gasteiger partial charge in [0.05, 0.1) is 12.2 Å². The van der Waals surface area contributed by atoms with Gasteiger partial charge in [0.2, 0.25) is 0 Å². The first-order chi connectivity index (χ1) is 12.3. The van der Waals surface area contributed by atoms with Crippen LogP contribution < -0.4 is 0 Å². The Morgan fingerprint density at radius 2 is 1.78 bits per heavy atom. The molecule has 0 bridgehead atoms. The van der Waals surface area contributed by atoms with Crippen molar-refractivity contribution in [3.63, 3.8) is 0 Å². The van der Waals surface area contributed by atoms with Gasteiger partial charge in [-0.05, 0) is 42.8 Å². The normalized spacial score (nSPS) is 13.3. The Morgan fingerprint density at radius 3 is 2.26 bits per heavy atom. The van der Waals surface area contributed by atoms with Crippen LogP contribution in [0.5, 0.6) is 0 Å². The summed E-state index contributed by atoms with van der Waals surface area (Å²) in [6.07, 6.45) is -3.66. The van der Waals surface area contributed by atoms with Crippen molar-refractivity contribution in [2.75, 3.05) is 0 Å². The van der Waals surface area contributed by atoms with Gasteiger partial charge in [0.25, 0.3) is 0 Å². The van der Waals surface area contributed by atoms with E-state index in [1.807, 2.05) is 0 Å². The second-order valence-corrected chi connectivity index (χ2v) is 12.9. The fourth-order valence-electron chi connectivity index (χ4n) is 2.32. The first kappa shape index (κ1) is 21.6. The van der Waals surface area contributed by atoms with E-state index < -0.39 is 26.0 Å². The monoisotopic (exact) mass is 402 g/mol. The van der Waals surface area contributed by atoms with Crippen LogP contribution in [0, 0.1) is 5.82 Å². The zero-order chi connectivity index (χ0) is 20.6. The van der Waals surface area contributed by atoms with E-state index in [9.17, 15) is 17.6 Å². The summed E-state index contributed by atoms with van der Waals surface area (Å²) in [5, 5.41) is 0.0331. The summed E-state index contributed by atoms with van der Waals surface area (Å²) in [5.41, 5.74) is -0.334. The van der Waals surface area contributed by atoms with Crippen LogP contribution in [-0.4, -0.2) is 17.9 Å². The lowest BCUT2D eigenvalue weighted by Crippen LogP contribution is -2.40. The number of benzene rings is 1. The van der Waals surface area contributed by atoms with Gasteiger partial charge in [-0.3, -0.25) is 0 Å². The zero-order valence-electron chi connectivity index (χ0n) is 16.5. The molecule has 0 saturated heterocycles. The van der Waals surface area contributed by atoms with Crippen LogP contribution in [0.15, 0.2) is 24.4 Å². The third kappa shape index (κ3) is 4.79. The van der Waals surface area contributed by atoms with E-state index in [-0.39, 0.29) is 29.6 Å². The van der Waals surface area contributed by atoms with Gasteiger partial charge in [-0.1, -0.05) is 26.8 Å². The fraction of sp³-hybridized carbons (Fsp3) is 0.526. The van der Waals surface area contributed by atoms with Crippen molar-refractivity contribution in [2.45, 2.75) is 65.2 Å². The molecular weight excluding hydrogens is 376 g/mol. The van der Waals surface area contributed by atoms with E-state index in [1.165, 1.54) is 16.7 Å². The maximum Gasteiger partial charge on any atom is 0.434 e. The Morgan fingerprint density at radius 1 is 1.15 bits per heavy atom. The SMILES string of the molecule is CCn1cc(C(F)(F)F)nc1-c1ccc(CO[Si](C)(C)C(C)(C)C)cc1F. The lowest BCUT2D eigenvalue weighted by Gasteiger charge is -2.36. The summed E-state index contributed by atoms with van der Waals surface area (Å²) in [7, 11) is -1.98. The molecule has 2 rings (SSSR count). The van der Waals surface area contributed by atoms with Gasteiger partial charge >= 0.3 is 6.18 Å². The molecule has 0 aliphatic heterocycles. The largest absolute Gasteiger partial charge is 0.434 e. The Kier molecular flexibility index (Phi) is 5.92. The fourth-order valence-corrected chi connectivity index (χ4v) is 3.28. The van der Waals surface area contributed by atoms with Crippen LogP contribution in [0.3, 0.4) is 0 Å². The molecule has 3 nitrogen and oxygen atoms in total. The molecule has 27 heavy (non-hydrogen) atoms. The number of hydrogen-bond acceptors (Lipinski definition) is 2. The predicted molar refractivity (Wildman–Crippen MR) is 100 cm³/mol. The van der Waals surface area contributed by atoms with Gasteiger partial charge in [-0.15, -0.1) is 0 Å². The molecule has 0 spiro atoms. The number of hydrogen-bond donors (Lipinski definition) is 0. The Labute approximate surface area is 158 Å². The standard InChI is InChI=1S/C19H26F4N2OSi/c1-7-25-11-16(19(21,22)23)24-17(25)14-9-8-13(10-15(14)20)12-26-27(5,6)18(2,3)4/h8-11H,7,12H2,1-6H3. The summed E-state index contributed by atoms with van der Waals surface area (Å²) >= 11 is 0. The average molecular weight is 403 g/mol. The maximum atomic E-state index is 14.6. The minimum Gasteiger partial charge on any atom is -0.413 e. The number of halogens is 4. The number of alkyl halides is 3. The molecule has 8 heteroatoms. The van der Waals surface area contributed by atoms with E-state index in [0.717, 1.165) is 6.20 Å². The molecule has 0 amide bonds. The highest BCUT2D eigenvalue weighted by atomic mass is 28.4. The first-order valence-electron chi connectivity index (χ1n) is 8.83. The molecule has 150 valence electrons. The van der Waals surface area contributed by atoms with E-state index in [4.69, 9.17) is 4.43 Å². The zero-order valence-corrected chi connectivity index (χ0v) is 17.5. The molecule has 1 heterocycles. The quantitative estimate of drug-likeness (QED) is 0.437. The van der Waals surface area contributed by atoms with Crippen LogP contribution in [0.1, 0.15) is 39.0 Å². The number of aromatic nitrogens is 2. The second-order valence-electron chi connectivity index (χ2n) is 8.10.